The average molecular weight is 394 g/mol. The van der Waals surface area contributed by atoms with E-state index >= 15 is 0 Å². The van der Waals surface area contributed by atoms with E-state index in [1.807, 2.05) is 0 Å². The summed E-state index contributed by atoms with van der Waals surface area (Å²) in [7, 11) is 0. The number of Topliss-reactive ketones (excluding diaryl/α,β-unsaturated/α-hetero) is 1. The number of para-hydroxylation sites is 1. The third-order valence-corrected chi connectivity index (χ3v) is 5.10. The van der Waals surface area contributed by atoms with E-state index in [0.29, 0.717) is 16.7 Å². The second-order valence-corrected chi connectivity index (χ2v) is 7.10. The average Bonchev–Trinajstić information content (AvgIpc) is 2.77. The van der Waals surface area contributed by atoms with Crippen LogP contribution in [0.25, 0.3) is 11.1 Å². The molecule has 0 spiro atoms. The first-order valence-electron chi connectivity index (χ1n) is 9.61. The molecule has 3 rings (SSSR count). The molecule has 0 aliphatic heterocycles. The van der Waals surface area contributed by atoms with E-state index in [0.717, 1.165) is 32.1 Å². The second kappa shape index (κ2) is 9.23. The molecule has 150 valence electrons. The van der Waals surface area contributed by atoms with Crippen LogP contribution in [0.3, 0.4) is 0 Å². The molecule has 0 unspecified atom stereocenters. The van der Waals surface area contributed by atoms with Gasteiger partial charge in [-0.05, 0) is 31.4 Å². The molecule has 0 atom stereocenters. The highest BCUT2D eigenvalue weighted by molar-refractivity contribution is 6.45. The van der Waals surface area contributed by atoms with Crippen LogP contribution < -0.4 is 0 Å². The fourth-order valence-corrected chi connectivity index (χ4v) is 3.45. The summed E-state index contributed by atoms with van der Waals surface area (Å²) in [5.74, 6) is -0.893. The number of rotatable bonds is 6. The van der Waals surface area contributed by atoms with Gasteiger partial charge in [0.1, 0.15) is 5.71 Å². The molecule has 1 aliphatic carbocycles. The Morgan fingerprint density at radius 3 is 2.34 bits per heavy atom. The van der Waals surface area contributed by atoms with Gasteiger partial charge in [0.25, 0.3) is 5.69 Å². The molecule has 0 radical (unpaired) electrons. The summed E-state index contributed by atoms with van der Waals surface area (Å²) < 4.78 is 0. The van der Waals surface area contributed by atoms with Gasteiger partial charge in [0.2, 0.25) is 5.78 Å². The predicted molar refractivity (Wildman–Crippen MR) is 109 cm³/mol. The topological polar surface area (TPSA) is 98.9 Å². The van der Waals surface area contributed by atoms with Crippen molar-refractivity contribution in [3.05, 3.63) is 64.2 Å². The molecule has 0 heterocycles. The van der Waals surface area contributed by atoms with Gasteiger partial charge in [0.15, 0.2) is 0 Å². The van der Waals surface area contributed by atoms with Gasteiger partial charge in [-0.15, -0.1) is 0 Å². The summed E-state index contributed by atoms with van der Waals surface area (Å²) in [6, 6.07) is 12.9. The van der Waals surface area contributed by atoms with Crippen LogP contribution in [0.5, 0.6) is 0 Å². The quantitative estimate of drug-likeness (QED) is 0.227. The zero-order valence-electron chi connectivity index (χ0n) is 16.2. The van der Waals surface area contributed by atoms with Crippen molar-refractivity contribution in [2.75, 3.05) is 0 Å². The lowest BCUT2D eigenvalue weighted by Crippen LogP contribution is -2.20. The highest BCUT2D eigenvalue weighted by atomic mass is 16.7. The first-order chi connectivity index (χ1) is 14.0. The Morgan fingerprint density at radius 1 is 1.03 bits per heavy atom. The van der Waals surface area contributed by atoms with Crippen molar-refractivity contribution in [1.82, 2.24) is 0 Å². The number of oxime groups is 1. The minimum absolute atomic E-state index is 0.000977. The molecular formula is C22H22N2O5. The number of nitro benzene ring substituents is 1. The molecule has 7 heteroatoms. The normalized spacial score (nSPS) is 15.0. The smallest absolute Gasteiger partial charge is 0.318 e. The highest BCUT2D eigenvalue weighted by Crippen LogP contribution is 2.29. The summed E-state index contributed by atoms with van der Waals surface area (Å²) in [5, 5.41) is 14.9. The van der Waals surface area contributed by atoms with Crippen LogP contribution in [0.4, 0.5) is 5.69 Å². The predicted octanol–water partition coefficient (Wildman–Crippen LogP) is 4.94. The Morgan fingerprint density at radius 2 is 1.69 bits per heavy atom. The Labute approximate surface area is 168 Å². The van der Waals surface area contributed by atoms with Crippen LogP contribution in [0, 0.1) is 16.0 Å². The molecule has 1 aliphatic rings. The minimum Gasteiger partial charge on any atom is -0.318 e. The first kappa shape index (κ1) is 20.4. The number of ketones is 1. The maximum Gasteiger partial charge on any atom is 0.338 e. The molecule has 0 N–H and O–H groups in total. The Bertz CT molecular complexity index is 944. The van der Waals surface area contributed by atoms with Crippen molar-refractivity contribution < 1.29 is 19.3 Å². The van der Waals surface area contributed by atoms with Crippen LogP contribution in [0.1, 0.15) is 49.4 Å². The lowest BCUT2D eigenvalue weighted by molar-refractivity contribution is -0.384. The summed E-state index contributed by atoms with van der Waals surface area (Å²) in [4.78, 5) is 40.3. The van der Waals surface area contributed by atoms with Gasteiger partial charge in [0, 0.05) is 11.6 Å². The van der Waals surface area contributed by atoms with Gasteiger partial charge >= 0.3 is 5.97 Å². The molecular weight excluding hydrogens is 372 g/mol. The Kier molecular flexibility index (Phi) is 6.49. The molecule has 7 nitrogen and oxygen atoms in total. The maximum absolute atomic E-state index is 12.5. The summed E-state index contributed by atoms with van der Waals surface area (Å²) in [6.07, 6.45) is 4.75. The first-order valence-corrected chi connectivity index (χ1v) is 9.61. The summed E-state index contributed by atoms with van der Waals surface area (Å²) >= 11 is 0. The van der Waals surface area contributed by atoms with E-state index in [2.05, 4.69) is 5.16 Å². The number of hydrogen-bond donors (Lipinski definition) is 0. The fourth-order valence-electron chi connectivity index (χ4n) is 3.45. The molecule has 29 heavy (non-hydrogen) atoms. The number of carbonyl (C=O) groups is 2. The zero-order chi connectivity index (χ0) is 20.8. The van der Waals surface area contributed by atoms with Gasteiger partial charge in [-0.1, -0.05) is 60.8 Å². The monoisotopic (exact) mass is 394 g/mol. The second-order valence-electron chi connectivity index (χ2n) is 7.10. The van der Waals surface area contributed by atoms with E-state index in [1.54, 1.807) is 42.5 Å². The molecule has 1 saturated carbocycles. The Hall–Kier alpha value is -3.35. The number of carbonyl (C=O) groups excluding carboxylic acids is 2. The molecule has 1 fully saturated rings. The number of benzene rings is 2. The Balaban J connectivity index is 1.70. The number of nitro groups is 1. The molecule has 0 bridgehead atoms. The van der Waals surface area contributed by atoms with Crippen molar-refractivity contribution in [1.29, 1.82) is 0 Å². The van der Waals surface area contributed by atoms with Crippen LogP contribution in [-0.4, -0.2) is 22.4 Å². The summed E-state index contributed by atoms with van der Waals surface area (Å²) in [5.41, 5.74) is 1.55. The number of nitrogens with zero attached hydrogens (tertiary/aromatic N) is 2. The third-order valence-electron chi connectivity index (χ3n) is 5.10. The van der Waals surface area contributed by atoms with E-state index in [4.69, 9.17) is 4.84 Å². The molecule has 0 amide bonds. The standard InChI is InChI=1S/C22H22N2O5/c1-15(23-29-22(26)18-7-3-2-4-8-18)21(25)17-13-11-16(12-14-17)19-9-5-6-10-20(19)24(27)28/h5-6,9-14,18H,2-4,7-8H2,1H3/b23-15-. The van der Waals surface area contributed by atoms with Crippen LogP contribution in [0.2, 0.25) is 0 Å². The zero-order valence-corrected chi connectivity index (χ0v) is 16.2. The molecule has 0 aromatic heterocycles. The third kappa shape index (κ3) is 4.93. The molecule has 2 aromatic rings. The number of hydrogen-bond acceptors (Lipinski definition) is 6. The largest absolute Gasteiger partial charge is 0.338 e. The van der Waals surface area contributed by atoms with E-state index in [9.17, 15) is 19.7 Å². The van der Waals surface area contributed by atoms with Crippen LogP contribution in [-0.2, 0) is 9.63 Å². The van der Waals surface area contributed by atoms with Gasteiger partial charge in [-0.25, -0.2) is 4.79 Å². The van der Waals surface area contributed by atoms with Gasteiger partial charge in [-0.3, -0.25) is 14.9 Å². The van der Waals surface area contributed by atoms with Crippen molar-refractivity contribution in [3.63, 3.8) is 0 Å². The summed E-state index contributed by atoms with van der Waals surface area (Å²) in [6.45, 7) is 1.49. The van der Waals surface area contributed by atoms with Crippen LogP contribution >= 0.6 is 0 Å². The van der Waals surface area contributed by atoms with Crippen molar-refractivity contribution >= 4 is 23.2 Å². The molecule has 2 aromatic carbocycles. The van der Waals surface area contributed by atoms with Gasteiger partial charge < -0.3 is 4.84 Å². The van der Waals surface area contributed by atoms with E-state index in [1.165, 1.54) is 13.0 Å². The van der Waals surface area contributed by atoms with E-state index in [-0.39, 0.29) is 29.1 Å². The van der Waals surface area contributed by atoms with Gasteiger partial charge in [0.05, 0.1) is 16.4 Å². The van der Waals surface area contributed by atoms with E-state index < -0.39 is 4.92 Å². The van der Waals surface area contributed by atoms with Crippen molar-refractivity contribution in [2.24, 2.45) is 11.1 Å². The maximum atomic E-state index is 12.5. The lowest BCUT2D eigenvalue weighted by atomic mass is 9.89. The SMILES string of the molecule is C/C(=N/OC(=O)C1CCCCC1)C(=O)c1ccc(-c2ccccc2[N+](=O)[O-])cc1. The minimum atomic E-state index is -0.439. The van der Waals surface area contributed by atoms with Crippen molar-refractivity contribution in [2.45, 2.75) is 39.0 Å². The fraction of sp³-hybridized carbons (Fsp3) is 0.318. The van der Waals surface area contributed by atoms with Crippen LogP contribution in [0.15, 0.2) is 53.7 Å². The van der Waals surface area contributed by atoms with Gasteiger partial charge in [-0.2, -0.15) is 0 Å². The highest BCUT2D eigenvalue weighted by Gasteiger charge is 2.23. The molecule has 0 saturated heterocycles. The lowest BCUT2D eigenvalue weighted by Gasteiger charge is -2.18. The van der Waals surface area contributed by atoms with Crippen molar-refractivity contribution in [3.8, 4) is 11.1 Å².